The van der Waals surface area contributed by atoms with Gasteiger partial charge in [-0.25, -0.2) is 0 Å². The van der Waals surface area contributed by atoms with E-state index in [4.69, 9.17) is 15.9 Å². The fraction of sp³-hybridized carbons (Fsp3) is 0.342. The predicted molar refractivity (Wildman–Crippen MR) is 182 cm³/mol. The number of hydrogen-bond acceptors (Lipinski definition) is 7. The van der Waals surface area contributed by atoms with Gasteiger partial charge >= 0.3 is 12.4 Å². The van der Waals surface area contributed by atoms with Crippen molar-refractivity contribution in [3.63, 3.8) is 0 Å². The van der Waals surface area contributed by atoms with Gasteiger partial charge in [0.2, 0.25) is 0 Å². The number of nitrogens with one attached hydrogen (secondary N) is 1. The van der Waals surface area contributed by atoms with Gasteiger partial charge in [-0.3, -0.25) is 0 Å². The van der Waals surface area contributed by atoms with Crippen molar-refractivity contribution in [1.82, 2.24) is 5.32 Å². The summed E-state index contributed by atoms with van der Waals surface area (Å²) in [4.78, 5) is 10.7. The quantitative estimate of drug-likeness (QED) is 0.0830. The van der Waals surface area contributed by atoms with Crippen LogP contribution in [0.25, 0.3) is 0 Å². The van der Waals surface area contributed by atoms with Gasteiger partial charge in [-0.15, -0.1) is 0 Å². The third-order valence-corrected chi connectivity index (χ3v) is 7.71. The molecule has 0 fully saturated rings. The first-order valence-corrected chi connectivity index (χ1v) is 16.0. The number of carbonyl (C=O) groups is 1. The Morgan fingerprint density at radius 3 is 1.49 bits per heavy atom. The Balaban J connectivity index is 0.000000292. The number of aliphatic hydroxyl groups excluding tert-OH is 2. The van der Waals surface area contributed by atoms with Crippen molar-refractivity contribution in [3.05, 3.63) is 129 Å². The summed E-state index contributed by atoms with van der Waals surface area (Å²) in [5.74, 6) is 0.322. The van der Waals surface area contributed by atoms with Crippen molar-refractivity contribution < 1.29 is 51.6 Å². The monoisotopic (exact) mass is 722 g/mol. The van der Waals surface area contributed by atoms with Crippen molar-refractivity contribution in [1.29, 1.82) is 0 Å². The maximum atomic E-state index is 12.5. The Kier molecular flexibility index (Phi) is 17.1. The molecule has 7 N–H and O–H groups in total. The molecule has 0 heterocycles. The van der Waals surface area contributed by atoms with Crippen LogP contribution in [0.3, 0.4) is 0 Å². The highest BCUT2D eigenvalue weighted by Crippen LogP contribution is 2.30. The molecule has 51 heavy (non-hydrogen) atoms. The van der Waals surface area contributed by atoms with Gasteiger partial charge in [-0.2, -0.15) is 26.3 Å². The molecule has 0 aliphatic carbocycles. The van der Waals surface area contributed by atoms with Crippen LogP contribution in [0, 0.1) is 0 Å². The number of aromatic hydroxyl groups is 2. The number of phenols is 2. The number of ketones is 1. The molecule has 1 unspecified atom stereocenters. The summed E-state index contributed by atoms with van der Waals surface area (Å²) in [6.45, 7) is 3.93. The number of Topliss-reactive ketones (excluding diaryl/α,β-unsaturated/α-hetero) is 1. The second-order valence-corrected chi connectivity index (χ2v) is 11.9. The van der Waals surface area contributed by atoms with Crippen LogP contribution in [0.4, 0.5) is 26.3 Å². The van der Waals surface area contributed by atoms with Crippen molar-refractivity contribution in [3.8, 4) is 11.5 Å². The number of hydrogen-bond donors (Lipinski definition) is 6. The largest absolute Gasteiger partial charge is 0.508 e. The fourth-order valence-electron chi connectivity index (χ4n) is 4.58. The molecular formula is C38H44F6N2O5. The zero-order chi connectivity index (χ0) is 38.2. The summed E-state index contributed by atoms with van der Waals surface area (Å²) in [7, 11) is 0. The lowest BCUT2D eigenvalue weighted by Gasteiger charge is -2.15. The minimum Gasteiger partial charge on any atom is -0.508 e. The van der Waals surface area contributed by atoms with Gasteiger partial charge in [0.25, 0.3) is 0 Å². The van der Waals surface area contributed by atoms with E-state index in [9.17, 15) is 41.4 Å². The van der Waals surface area contributed by atoms with E-state index < -0.39 is 23.5 Å². The van der Waals surface area contributed by atoms with E-state index in [1.807, 2.05) is 13.0 Å². The Hall–Kier alpha value is -4.43. The van der Waals surface area contributed by atoms with E-state index >= 15 is 0 Å². The van der Waals surface area contributed by atoms with Gasteiger partial charge < -0.3 is 36.3 Å². The van der Waals surface area contributed by atoms with Crippen LogP contribution < -0.4 is 11.1 Å². The molecule has 1 atom stereocenters. The van der Waals surface area contributed by atoms with Gasteiger partial charge in [0, 0.05) is 36.7 Å². The lowest BCUT2D eigenvalue weighted by atomic mass is 10.0. The summed E-state index contributed by atoms with van der Waals surface area (Å²) in [5.41, 5.74) is 8.43. The lowest BCUT2D eigenvalue weighted by Crippen LogP contribution is -2.26. The van der Waals surface area contributed by atoms with Crippen molar-refractivity contribution in [2.24, 2.45) is 5.73 Å². The summed E-state index contributed by atoms with van der Waals surface area (Å²) in [5, 5.41) is 40.2. The third-order valence-electron chi connectivity index (χ3n) is 7.71. The third kappa shape index (κ3) is 15.6. The molecule has 7 nitrogen and oxygen atoms in total. The summed E-state index contributed by atoms with van der Waals surface area (Å²) in [6, 6.07) is 20.3. The van der Waals surface area contributed by atoms with Gasteiger partial charge in [-0.1, -0.05) is 36.4 Å². The summed E-state index contributed by atoms with van der Waals surface area (Å²) >= 11 is 0. The Morgan fingerprint density at radius 1 is 0.686 bits per heavy atom. The molecule has 0 spiro atoms. The highest BCUT2D eigenvalue weighted by atomic mass is 19.4. The molecule has 4 rings (SSSR count). The van der Waals surface area contributed by atoms with E-state index in [-0.39, 0.29) is 43.1 Å². The highest BCUT2D eigenvalue weighted by molar-refractivity contribution is 5.75. The average molecular weight is 723 g/mol. The molecular weight excluding hydrogens is 678 g/mol. The predicted octanol–water partition coefficient (Wildman–Crippen LogP) is 7.58. The Morgan fingerprint density at radius 2 is 1.10 bits per heavy atom. The lowest BCUT2D eigenvalue weighted by molar-refractivity contribution is -0.138. The number of rotatable bonds is 12. The van der Waals surface area contributed by atoms with Crippen LogP contribution in [0.5, 0.6) is 11.5 Å². The number of aryl methyl sites for hydroxylation is 2. The van der Waals surface area contributed by atoms with E-state index in [0.29, 0.717) is 36.1 Å². The van der Waals surface area contributed by atoms with Crippen LogP contribution in [-0.2, 0) is 56.3 Å². The average Bonchev–Trinajstić information content (AvgIpc) is 3.10. The van der Waals surface area contributed by atoms with Crippen molar-refractivity contribution in [2.75, 3.05) is 0 Å². The van der Waals surface area contributed by atoms with Crippen molar-refractivity contribution >= 4 is 5.78 Å². The minimum atomic E-state index is -4.31. The van der Waals surface area contributed by atoms with Gasteiger partial charge in [0.15, 0.2) is 0 Å². The topological polar surface area (TPSA) is 136 Å². The molecule has 278 valence electrons. The van der Waals surface area contributed by atoms with E-state index in [0.717, 1.165) is 53.8 Å². The van der Waals surface area contributed by atoms with E-state index in [1.54, 1.807) is 37.3 Å². The van der Waals surface area contributed by atoms with Crippen LogP contribution in [-0.4, -0.2) is 32.3 Å². The number of nitrogens with two attached hydrogens (primary N) is 1. The maximum Gasteiger partial charge on any atom is 0.416 e. The zero-order valence-electron chi connectivity index (χ0n) is 28.4. The smallest absolute Gasteiger partial charge is 0.416 e. The number of benzene rings is 4. The number of halogens is 6. The Bertz CT molecular complexity index is 1640. The molecule has 0 amide bonds. The number of carbonyl (C=O) groups excluding carboxylic acids is 1. The molecule has 0 saturated carbocycles. The van der Waals surface area contributed by atoms with Crippen LogP contribution >= 0.6 is 0 Å². The van der Waals surface area contributed by atoms with Crippen LogP contribution in [0.15, 0.2) is 84.9 Å². The van der Waals surface area contributed by atoms with E-state index in [2.05, 4.69) is 5.32 Å². The molecule has 0 bridgehead atoms. The SMILES string of the molecule is CC(=O)CCc1ccc(O)c(CO)c1.CC(CCc1ccc(O)c(CO)c1)NCc1ccc(C(F)(F)F)cc1.NCc1ccc(C(F)(F)F)cc1. The van der Waals surface area contributed by atoms with Crippen LogP contribution in [0.1, 0.15) is 71.2 Å². The molecule has 0 saturated heterocycles. The molecule has 0 aliphatic rings. The van der Waals surface area contributed by atoms with Gasteiger partial charge in [0.1, 0.15) is 17.3 Å². The molecule has 0 radical (unpaired) electrons. The molecule has 4 aromatic rings. The van der Waals surface area contributed by atoms with Gasteiger partial charge in [0.05, 0.1) is 24.3 Å². The molecule has 0 aromatic heterocycles. The first-order valence-electron chi connectivity index (χ1n) is 16.0. The van der Waals surface area contributed by atoms with Crippen LogP contribution in [0.2, 0.25) is 0 Å². The summed E-state index contributed by atoms with van der Waals surface area (Å²) in [6.07, 6.45) is -5.81. The molecule has 4 aromatic carbocycles. The Labute approximate surface area is 293 Å². The first-order chi connectivity index (χ1) is 24.0. The van der Waals surface area contributed by atoms with Crippen molar-refractivity contribution in [2.45, 2.75) is 84.2 Å². The fourth-order valence-corrected chi connectivity index (χ4v) is 4.58. The highest BCUT2D eigenvalue weighted by Gasteiger charge is 2.30. The minimum absolute atomic E-state index is 0.0831. The normalized spacial score (nSPS) is 11.9. The van der Waals surface area contributed by atoms with Gasteiger partial charge in [-0.05, 0) is 104 Å². The van der Waals surface area contributed by atoms with E-state index in [1.165, 1.54) is 24.3 Å². The number of aliphatic hydroxyl groups is 2. The second-order valence-electron chi connectivity index (χ2n) is 11.9. The standard InChI is InChI=1S/C19H22F3NO2.C11H14O3.C8H8F3N/c1-13(2-3-14-6-9-18(25)16(10-14)12-24)23-11-15-4-7-17(8-5-15)19(20,21)22;1-8(13)2-3-9-4-5-11(14)10(6-9)7-12;9-8(10,11)7-3-1-6(5-12)2-4-7/h4-10,13,23-25H,2-3,11-12H2,1H3;4-6,12,14H,2-3,7H2,1H3;1-4H,5,12H2. The second kappa shape index (κ2) is 20.4. The number of alkyl halides is 6. The molecule has 13 heteroatoms. The zero-order valence-corrected chi connectivity index (χ0v) is 28.4. The maximum absolute atomic E-state index is 12.5. The first kappa shape index (κ1) is 42.7. The summed E-state index contributed by atoms with van der Waals surface area (Å²) < 4.78 is 73.6. The molecule has 0 aliphatic heterocycles.